The Labute approximate surface area is 169 Å². The monoisotopic (exact) mass is 392 g/mol. The Balaban J connectivity index is 1.31. The molecule has 0 spiro atoms. The molecule has 29 heavy (non-hydrogen) atoms. The second-order valence-electron chi connectivity index (χ2n) is 7.07. The summed E-state index contributed by atoms with van der Waals surface area (Å²) in [4.78, 5) is 16.8. The van der Waals surface area contributed by atoms with Crippen LogP contribution in [0, 0.1) is 0 Å². The predicted molar refractivity (Wildman–Crippen MR) is 109 cm³/mol. The number of benzene rings is 2. The van der Waals surface area contributed by atoms with Gasteiger partial charge in [-0.25, -0.2) is 4.98 Å². The van der Waals surface area contributed by atoms with Crippen LogP contribution in [0.3, 0.4) is 0 Å². The van der Waals surface area contributed by atoms with Crippen LogP contribution in [0.1, 0.15) is 41.9 Å². The van der Waals surface area contributed by atoms with Crippen molar-refractivity contribution in [3.63, 3.8) is 0 Å². The molecule has 0 aliphatic heterocycles. The van der Waals surface area contributed by atoms with Crippen LogP contribution < -0.4 is 14.8 Å². The van der Waals surface area contributed by atoms with Crippen LogP contribution in [-0.4, -0.2) is 34.3 Å². The number of amides is 1. The number of aromatic amines is 1. The van der Waals surface area contributed by atoms with Crippen LogP contribution in [0.5, 0.6) is 11.5 Å². The Morgan fingerprint density at radius 3 is 2.45 bits per heavy atom. The van der Waals surface area contributed by atoms with Crippen molar-refractivity contribution in [1.29, 1.82) is 0 Å². The molecule has 2 N–H and O–H groups in total. The number of carbonyl (C=O) groups is 1. The fourth-order valence-corrected chi connectivity index (χ4v) is 3.39. The second-order valence-corrected chi connectivity index (χ2v) is 7.07. The quantitative estimate of drug-likeness (QED) is 0.639. The minimum absolute atomic E-state index is 0.167. The molecule has 7 nitrogen and oxygen atoms in total. The van der Waals surface area contributed by atoms with Gasteiger partial charge >= 0.3 is 0 Å². The number of methoxy groups -OCH3 is 1. The van der Waals surface area contributed by atoms with Crippen molar-refractivity contribution in [3.8, 4) is 22.9 Å². The van der Waals surface area contributed by atoms with Crippen LogP contribution in [0.25, 0.3) is 11.4 Å². The van der Waals surface area contributed by atoms with Gasteiger partial charge in [-0.1, -0.05) is 0 Å². The minimum atomic E-state index is -0.167. The zero-order valence-electron chi connectivity index (χ0n) is 16.4. The molecule has 0 atom stereocenters. The van der Waals surface area contributed by atoms with Gasteiger partial charge in [-0.3, -0.25) is 9.89 Å². The molecule has 1 amide bonds. The third-order valence-electron chi connectivity index (χ3n) is 5.02. The van der Waals surface area contributed by atoms with Gasteiger partial charge in [0.2, 0.25) is 0 Å². The lowest BCUT2D eigenvalue weighted by molar-refractivity contribution is 0.0950. The number of nitrogens with one attached hydrogen (secondary N) is 2. The standard InChI is InChI=1S/C22H24N4O3/c1-28-17-10-6-15(7-11-17)21-24-20(25-26-21)14-23-22(27)16-8-12-19(13-9-16)29-18-4-2-3-5-18/h6-13,18H,2-5,14H2,1H3,(H,23,27)(H,24,25,26). The Kier molecular flexibility index (Phi) is 5.74. The molecule has 4 rings (SSSR count). The van der Waals surface area contributed by atoms with E-state index < -0.39 is 0 Å². The van der Waals surface area contributed by atoms with Crippen molar-refractivity contribution in [2.45, 2.75) is 38.3 Å². The highest BCUT2D eigenvalue weighted by Crippen LogP contribution is 2.24. The molecule has 0 unspecified atom stereocenters. The number of hydrogen-bond donors (Lipinski definition) is 2. The summed E-state index contributed by atoms with van der Waals surface area (Å²) in [5, 5.41) is 9.93. The number of nitrogens with zero attached hydrogens (tertiary/aromatic N) is 2. The van der Waals surface area contributed by atoms with E-state index in [0.717, 1.165) is 29.9 Å². The van der Waals surface area contributed by atoms with E-state index in [1.807, 2.05) is 36.4 Å². The fourth-order valence-electron chi connectivity index (χ4n) is 3.39. The Bertz CT molecular complexity index is 945. The van der Waals surface area contributed by atoms with E-state index in [1.54, 1.807) is 19.2 Å². The van der Waals surface area contributed by atoms with Crippen molar-refractivity contribution in [2.75, 3.05) is 7.11 Å². The Morgan fingerprint density at radius 2 is 1.76 bits per heavy atom. The van der Waals surface area contributed by atoms with E-state index in [4.69, 9.17) is 9.47 Å². The van der Waals surface area contributed by atoms with Gasteiger partial charge in [0.15, 0.2) is 5.82 Å². The zero-order chi connectivity index (χ0) is 20.1. The van der Waals surface area contributed by atoms with Crippen LogP contribution in [0.4, 0.5) is 0 Å². The van der Waals surface area contributed by atoms with E-state index in [0.29, 0.717) is 23.3 Å². The first-order chi connectivity index (χ1) is 14.2. The highest BCUT2D eigenvalue weighted by atomic mass is 16.5. The fraction of sp³-hybridized carbons (Fsp3) is 0.318. The van der Waals surface area contributed by atoms with Gasteiger partial charge in [-0.05, 0) is 74.2 Å². The number of aromatic nitrogens is 3. The molecule has 1 fully saturated rings. The van der Waals surface area contributed by atoms with Gasteiger partial charge in [0.25, 0.3) is 5.91 Å². The van der Waals surface area contributed by atoms with Gasteiger partial charge < -0.3 is 14.8 Å². The summed E-state index contributed by atoms with van der Waals surface area (Å²) >= 11 is 0. The molecule has 1 aliphatic rings. The van der Waals surface area contributed by atoms with Crippen molar-refractivity contribution < 1.29 is 14.3 Å². The largest absolute Gasteiger partial charge is 0.497 e. The van der Waals surface area contributed by atoms with E-state index in [1.165, 1.54) is 12.8 Å². The lowest BCUT2D eigenvalue weighted by atomic mass is 10.2. The van der Waals surface area contributed by atoms with Crippen molar-refractivity contribution in [2.24, 2.45) is 0 Å². The lowest BCUT2D eigenvalue weighted by Crippen LogP contribution is -2.23. The Morgan fingerprint density at radius 1 is 1.07 bits per heavy atom. The molecular formula is C22H24N4O3. The number of hydrogen-bond acceptors (Lipinski definition) is 5. The van der Waals surface area contributed by atoms with Gasteiger partial charge in [0.1, 0.15) is 17.3 Å². The molecule has 1 saturated carbocycles. The molecule has 1 aliphatic carbocycles. The molecular weight excluding hydrogens is 368 g/mol. The summed E-state index contributed by atoms with van der Waals surface area (Å²) in [7, 11) is 1.62. The van der Waals surface area contributed by atoms with E-state index >= 15 is 0 Å². The first-order valence-corrected chi connectivity index (χ1v) is 9.82. The summed E-state index contributed by atoms with van der Waals surface area (Å²) in [5.74, 6) is 2.58. The minimum Gasteiger partial charge on any atom is -0.497 e. The van der Waals surface area contributed by atoms with Crippen LogP contribution in [0.2, 0.25) is 0 Å². The molecule has 150 valence electrons. The van der Waals surface area contributed by atoms with E-state index in [2.05, 4.69) is 20.5 Å². The highest BCUT2D eigenvalue weighted by molar-refractivity contribution is 5.94. The zero-order valence-corrected chi connectivity index (χ0v) is 16.4. The third-order valence-corrected chi connectivity index (χ3v) is 5.02. The molecule has 0 saturated heterocycles. The van der Waals surface area contributed by atoms with Crippen LogP contribution in [-0.2, 0) is 6.54 Å². The molecule has 0 bridgehead atoms. The molecule has 1 heterocycles. The summed E-state index contributed by atoms with van der Waals surface area (Å²) in [6.07, 6.45) is 4.98. The van der Waals surface area contributed by atoms with Gasteiger partial charge in [-0.15, -0.1) is 0 Å². The highest BCUT2D eigenvalue weighted by Gasteiger charge is 2.16. The van der Waals surface area contributed by atoms with Crippen LogP contribution in [0.15, 0.2) is 48.5 Å². The normalized spacial score (nSPS) is 14.0. The second kappa shape index (κ2) is 8.77. The van der Waals surface area contributed by atoms with Gasteiger partial charge in [0, 0.05) is 11.1 Å². The number of rotatable bonds is 7. The van der Waals surface area contributed by atoms with Crippen molar-refractivity contribution >= 4 is 5.91 Å². The summed E-state index contributed by atoms with van der Waals surface area (Å²) in [5.41, 5.74) is 1.45. The number of ether oxygens (including phenoxy) is 2. The topological polar surface area (TPSA) is 89.1 Å². The molecule has 7 heteroatoms. The average Bonchev–Trinajstić information content (AvgIpc) is 3.45. The molecule has 0 radical (unpaired) electrons. The number of carbonyl (C=O) groups excluding carboxylic acids is 1. The lowest BCUT2D eigenvalue weighted by Gasteiger charge is -2.13. The molecule has 1 aromatic heterocycles. The third kappa shape index (κ3) is 4.74. The summed E-state index contributed by atoms with van der Waals surface area (Å²) < 4.78 is 11.1. The maximum atomic E-state index is 12.4. The smallest absolute Gasteiger partial charge is 0.251 e. The van der Waals surface area contributed by atoms with Crippen molar-refractivity contribution in [3.05, 3.63) is 59.9 Å². The first kappa shape index (κ1) is 19.0. The predicted octanol–water partition coefficient (Wildman–Crippen LogP) is 3.73. The molecule has 3 aromatic rings. The van der Waals surface area contributed by atoms with Crippen LogP contribution >= 0.6 is 0 Å². The first-order valence-electron chi connectivity index (χ1n) is 9.82. The Hall–Kier alpha value is -3.35. The van der Waals surface area contributed by atoms with E-state index in [9.17, 15) is 4.79 Å². The average molecular weight is 392 g/mol. The SMILES string of the molecule is COc1ccc(-c2n[nH]c(CNC(=O)c3ccc(OC4CCCC4)cc3)n2)cc1. The van der Waals surface area contributed by atoms with E-state index in [-0.39, 0.29) is 12.5 Å². The summed E-state index contributed by atoms with van der Waals surface area (Å²) in [6.45, 7) is 0.266. The number of H-pyrrole nitrogens is 1. The summed E-state index contributed by atoms with van der Waals surface area (Å²) in [6, 6.07) is 14.7. The van der Waals surface area contributed by atoms with Gasteiger partial charge in [-0.2, -0.15) is 5.10 Å². The van der Waals surface area contributed by atoms with Gasteiger partial charge in [0.05, 0.1) is 19.8 Å². The maximum Gasteiger partial charge on any atom is 0.251 e. The van der Waals surface area contributed by atoms with Crippen molar-refractivity contribution in [1.82, 2.24) is 20.5 Å². The maximum absolute atomic E-state index is 12.4. The molecule has 2 aromatic carbocycles.